The molecule has 0 amide bonds. The van der Waals surface area contributed by atoms with E-state index in [4.69, 9.17) is 4.74 Å². The number of hydrogen-bond donors (Lipinski definition) is 0. The van der Waals surface area contributed by atoms with Gasteiger partial charge in [0.25, 0.3) is 0 Å². The molecule has 1 rings (SSSR count). The fourth-order valence-electron chi connectivity index (χ4n) is 1.07. The molecule has 5 heteroatoms. The Labute approximate surface area is 84.7 Å². The van der Waals surface area contributed by atoms with Gasteiger partial charge in [-0.1, -0.05) is 12.1 Å². The molecule has 0 saturated heterocycles. The number of carbonyl (C=O) groups is 1. The molecular weight excluding hydrogens is 209 g/mol. The maximum absolute atomic E-state index is 11.9. The second-order valence-corrected chi connectivity index (χ2v) is 2.95. The average Bonchev–Trinajstić information content (AvgIpc) is 2.16. The van der Waals surface area contributed by atoms with Gasteiger partial charge >= 0.3 is 6.18 Å². The first kappa shape index (κ1) is 11.6. The first-order valence-electron chi connectivity index (χ1n) is 4.16. The molecular formula is C10H9F3O2. The maximum Gasteiger partial charge on any atom is 0.450 e. The van der Waals surface area contributed by atoms with Crippen LogP contribution in [-0.2, 0) is 11.2 Å². The van der Waals surface area contributed by atoms with Gasteiger partial charge in [-0.15, -0.1) is 0 Å². The SMILES string of the molecule is COc1cccc(CC(=O)C(F)(F)F)c1. The summed E-state index contributed by atoms with van der Waals surface area (Å²) >= 11 is 0. The molecule has 0 aliphatic carbocycles. The van der Waals surface area contributed by atoms with Gasteiger partial charge in [0.2, 0.25) is 5.78 Å². The summed E-state index contributed by atoms with van der Waals surface area (Å²) in [5, 5.41) is 0. The van der Waals surface area contributed by atoms with E-state index in [1.165, 1.54) is 25.3 Å². The molecule has 0 fully saturated rings. The summed E-state index contributed by atoms with van der Waals surface area (Å²) in [6, 6.07) is 6.00. The van der Waals surface area contributed by atoms with Gasteiger partial charge in [0, 0.05) is 6.42 Å². The van der Waals surface area contributed by atoms with Crippen molar-refractivity contribution in [2.75, 3.05) is 7.11 Å². The van der Waals surface area contributed by atoms with Crippen LogP contribution in [0.2, 0.25) is 0 Å². The lowest BCUT2D eigenvalue weighted by Gasteiger charge is -2.06. The first-order chi connectivity index (χ1) is 6.93. The lowest BCUT2D eigenvalue weighted by Crippen LogP contribution is -2.24. The van der Waals surface area contributed by atoms with E-state index in [0.29, 0.717) is 5.75 Å². The first-order valence-corrected chi connectivity index (χ1v) is 4.16. The minimum Gasteiger partial charge on any atom is -0.497 e. The van der Waals surface area contributed by atoms with E-state index in [1.807, 2.05) is 0 Å². The largest absolute Gasteiger partial charge is 0.497 e. The van der Waals surface area contributed by atoms with E-state index in [2.05, 4.69) is 0 Å². The highest BCUT2D eigenvalue weighted by Gasteiger charge is 2.37. The number of alkyl halides is 3. The molecule has 0 atom stereocenters. The van der Waals surface area contributed by atoms with Crippen LogP contribution in [0.3, 0.4) is 0 Å². The highest BCUT2D eigenvalue weighted by molar-refractivity contribution is 5.86. The lowest BCUT2D eigenvalue weighted by molar-refractivity contribution is -0.170. The van der Waals surface area contributed by atoms with E-state index in [9.17, 15) is 18.0 Å². The molecule has 1 aromatic carbocycles. The Bertz CT molecular complexity index is 358. The van der Waals surface area contributed by atoms with Gasteiger partial charge in [-0.25, -0.2) is 0 Å². The predicted molar refractivity (Wildman–Crippen MR) is 47.8 cm³/mol. The van der Waals surface area contributed by atoms with E-state index in [0.717, 1.165) is 0 Å². The van der Waals surface area contributed by atoms with Crippen LogP contribution in [0.4, 0.5) is 13.2 Å². The summed E-state index contributed by atoms with van der Waals surface area (Å²) in [6.07, 6.45) is -5.43. The number of ketones is 1. The fourth-order valence-corrected chi connectivity index (χ4v) is 1.07. The van der Waals surface area contributed by atoms with Crippen LogP contribution >= 0.6 is 0 Å². The van der Waals surface area contributed by atoms with Crippen molar-refractivity contribution >= 4 is 5.78 Å². The van der Waals surface area contributed by atoms with E-state index < -0.39 is 18.4 Å². The minimum atomic E-state index is -4.77. The number of benzene rings is 1. The van der Waals surface area contributed by atoms with Crippen molar-refractivity contribution in [1.82, 2.24) is 0 Å². The van der Waals surface area contributed by atoms with Crippen molar-refractivity contribution < 1.29 is 22.7 Å². The molecule has 0 aliphatic heterocycles. The van der Waals surface area contributed by atoms with Gasteiger partial charge in [-0.3, -0.25) is 4.79 Å². The number of rotatable bonds is 3. The van der Waals surface area contributed by atoms with Crippen LogP contribution in [0.5, 0.6) is 5.75 Å². The standard InChI is InChI=1S/C10H9F3O2/c1-15-8-4-2-3-7(5-8)6-9(14)10(11,12)13/h2-5H,6H2,1H3. The van der Waals surface area contributed by atoms with Gasteiger partial charge in [-0.2, -0.15) is 13.2 Å². The third-order valence-corrected chi connectivity index (χ3v) is 1.82. The van der Waals surface area contributed by atoms with Crippen molar-refractivity contribution in [3.05, 3.63) is 29.8 Å². The second kappa shape index (κ2) is 4.33. The van der Waals surface area contributed by atoms with Crippen LogP contribution in [-0.4, -0.2) is 19.1 Å². The Balaban J connectivity index is 2.77. The Morgan fingerprint density at radius 2 is 2.07 bits per heavy atom. The number of carbonyl (C=O) groups excluding carboxylic acids is 1. The lowest BCUT2D eigenvalue weighted by atomic mass is 10.1. The Kier molecular flexibility index (Phi) is 3.34. The number of halogens is 3. The molecule has 0 aliphatic rings. The third kappa shape index (κ3) is 3.27. The summed E-state index contributed by atoms with van der Waals surface area (Å²) in [4.78, 5) is 10.7. The summed E-state index contributed by atoms with van der Waals surface area (Å²) in [5.74, 6) is -1.32. The molecule has 0 aromatic heterocycles. The van der Waals surface area contributed by atoms with Gasteiger partial charge in [-0.05, 0) is 17.7 Å². The van der Waals surface area contributed by atoms with Crippen LogP contribution < -0.4 is 4.74 Å². The summed E-state index contributed by atoms with van der Waals surface area (Å²) in [7, 11) is 1.41. The summed E-state index contributed by atoms with van der Waals surface area (Å²) in [6.45, 7) is 0. The second-order valence-electron chi connectivity index (χ2n) is 2.95. The monoisotopic (exact) mass is 218 g/mol. The quantitative estimate of drug-likeness (QED) is 0.778. The molecule has 2 nitrogen and oxygen atoms in total. The molecule has 0 heterocycles. The highest BCUT2D eigenvalue weighted by atomic mass is 19.4. The Morgan fingerprint density at radius 3 is 2.60 bits per heavy atom. The summed E-state index contributed by atoms with van der Waals surface area (Å²) in [5.41, 5.74) is 0.289. The van der Waals surface area contributed by atoms with Crippen molar-refractivity contribution in [1.29, 1.82) is 0 Å². The molecule has 1 aromatic rings. The fraction of sp³-hybridized carbons (Fsp3) is 0.300. The topological polar surface area (TPSA) is 26.3 Å². The average molecular weight is 218 g/mol. The number of Topliss-reactive ketones (excluding diaryl/α,β-unsaturated/α-hetero) is 1. The Hall–Kier alpha value is -1.52. The van der Waals surface area contributed by atoms with E-state index in [-0.39, 0.29) is 5.56 Å². The summed E-state index contributed by atoms with van der Waals surface area (Å²) < 4.78 is 40.6. The number of methoxy groups -OCH3 is 1. The molecule has 0 spiro atoms. The van der Waals surface area contributed by atoms with Crippen LogP contribution in [0.25, 0.3) is 0 Å². The number of hydrogen-bond acceptors (Lipinski definition) is 2. The van der Waals surface area contributed by atoms with Crippen LogP contribution in [0.1, 0.15) is 5.56 Å². The molecule has 15 heavy (non-hydrogen) atoms. The van der Waals surface area contributed by atoms with Crippen molar-refractivity contribution in [2.45, 2.75) is 12.6 Å². The van der Waals surface area contributed by atoms with Gasteiger partial charge in [0.15, 0.2) is 0 Å². The zero-order chi connectivity index (χ0) is 11.5. The van der Waals surface area contributed by atoms with Crippen molar-refractivity contribution in [3.63, 3.8) is 0 Å². The number of ether oxygens (including phenoxy) is 1. The van der Waals surface area contributed by atoms with E-state index >= 15 is 0 Å². The van der Waals surface area contributed by atoms with Crippen LogP contribution in [0.15, 0.2) is 24.3 Å². The van der Waals surface area contributed by atoms with E-state index in [1.54, 1.807) is 6.07 Å². The molecule has 0 N–H and O–H groups in total. The molecule has 82 valence electrons. The zero-order valence-electron chi connectivity index (χ0n) is 7.97. The van der Waals surface area contributed by atoms with Crippen molar-refractivity contribution in [3.8, 4) is 5.75 Å². The third-order valence-electron chi connectivity index (χ3n) is 1.82. The smallest absolute Gasteiger partial charge is 0.450 e. The van der Waals surface area contributed by atoms with Crippen LogP contribution in [0, 0.1) is 0 Å². The predicted octanol–water partition coefficient (Wildman–Crippen LogP) is 2.37. The minimum absolute atomic E-state index is 0.289. The van der Waals surface area contributed by atoms with Crippen molar-refractivity contribution in [2.24, 2.45) is 0 Å². The van der Waals surface area contributed by atoms with Gasteiger partial charge < -0.3 is 4.74 Å². The maximum atomic E-state index is 11.9. The molecule has 0 unspecified atom stereocenters. The van der Waals surface area contributed by atoms with Gasteiger partial charge in [0.1, 0.15) is 5.75 Å². The Morgan fingerprint density at radius 1 is 1.40 bits per heavy atom. The zero-order valence-corrected chi connectivity index (χ0v) is 7.97. The molecule has 0 bridgehead atoms. The highest BCUT2D eigenvalue weighted by Crippen LogP contribution is 2.20. The van der Waals surface area contributed by atoms with Gasteiger partial charge in [0.05, 0.1) is 7.11 Å². The molecule has 0 saturated carbocycles. The normalized spacial score (nSPS) is 11.2. The molecule has 0 radical (unpaired) electrons.